The molecule has 1 saturated heterocycles. The van der Waals surface area contributed by atoms with Crippen molar-refractivity contribution in [2.75, 3.05) is 27.6 Å². The Morgan fingerprint density at radius 2 is 1.89 bits per heavy atom. The summed E-state index contributed by atoms with van der Waals surface area (Å²) in [5.74, 6) is 0.722. The first kappa shape index (κ1) is 26.8. The van der Waals surface area contributed by atoms with Crippen LogP contribution in [-0.4, -0.2) is 62.0 Å². The molecule has 38 heavy (non-hydrogen) atoms. The van der Waals surface area contributed by atoms with Crippen molar-refractivity contribution in [2.45, 2.75) is 82.0 Å². The van der Waals surface area contributed by atoms with Gasteiger partial charge in [-0.25, -0.2) is 4.79 Å². The molecule has 0 saturated carbocycles. The van der Waals surface area contributed by atoms with Crippen molar-refractivity contribution in [1.29, 1.82) is 0 Å². The van der Waals surface area contributed by atoms with Gasteiger partial charge in [-0.1, -0.05) is 0 Å². The Hall–Kier alpha value is -2.78. The van der Waals surface area contributed by atoms with Crippen LogP contribution in [0.25, 0.3) is 0 Å². The monoisotopic (exact) mass is 530 g/mol. The van der Waals surface area contributed by atoms with Gasteiger partial charge in [0.15, 0.2) is 23.2 Å². The van der Waals surface area contributed by atoms with Crippen LogP contribution in [0.3, 0.4) is 0 Å². The van der Waals surface area contributed by atoms with Crippen LogP contribution in [0.5, 0.6) is 11.5 Å². The molecule has 2 unspecified atom stereocenters. The second kappa shape index (κ2) is 10.4. The molecule has 0 amide bonds. The molecule has 0 spiro atoms. The van der Waals surface area contributed by atoms with E-state index in [1.807, 2.05) is 32.1 Å². The molecule has 1 N–H and O–H groups in total. The lowest BCUT2D eigenvalue weighted by Crippen LogP contribution is -2.54. The Morgan fingerprint density at radius 3 is 2.58 bits per heavy atom. The van der Waals surface area contributed by atoms with Crippen LogP contribution in [0.15, 0.2) is 24.0 Å². The predicted molar refractivity (Wildman–Crippen MR) is 136 cm³/mol. The van der Waals surface area contributed by atoms with Crippen LogP contribution in [0, 0.1) is 11.8 Å². The van der Waals surface area contributed by atoms with Gasteiger partial charge in [0.1, 0.15) is 5.76 Å². The summed E-state index contributed by atoms with van der Waals surface area (Å²) in [7, 11) is 2.88. The summed E-state index contributed by atoms with van der Waals surface area (Å²) in [6, 6.07) is 4.01. The van der Waals surface area contributed by atoms with Crippen molar-refractivity contribution < 1.29 is 43.1 Å². The molecule has 9 nitrogen and oxygen atoms in total. The third-order valence-electron chi connectivity index (χ3n) is 8.53. The van der Waals surface area contributed by atoms with E-state index in [9.17, 15) is 14.7 Å². The van der Waals surface area contributed by atoms with E-state index in [0.717, 1.165) is 30.4 Å². The molecular formula is C29H38O9. The van der Waals surface area contributed by atoms with Gasteiger partial charge in [0.05, 0.1) is 26.2 Å². The lowest BCUT2D eigenvalue weighted by Gasteiger charge is -2.43. The second-order valence-corrected chi connectivity index (χ2v) is 11.4. The maximum absolute atomic E-state index is 14.0. The Kier molecular flexibility index (Phi) is 7.35. The van der Waals surface area contributed by atoms with Crippen LogP contribution < -0.4 is 9.47 Å². The maximum atomic E-state index is 14.0. The van der Waals surface area contributed by atoms with Crippen molar-refractivity contribution in [2.24, 2.45) is 11.8 Å². The molecule has 5 rings (SSSR count). The van der Waals surface area contributed by atoms with E-state index in [4.69, 9.17) is 28.4 Å². The molecule has 208 valence electrons. The highest BCUT2D eigenvalue weighted by molar-refractivity contribution is 5.86. The number of carbonyl (C=O) groups is 2. The lowest BCUT2D eigenvalue weighted by atomic mass is 9.78. The number of aliphatic hydroxyl groups is 1. The molecule has 1 aromatic rings. The number of carbonyl (C=O) groups excluding carboxylic acids is 2. The van der Waals surface area contributed by atoms with Crippen LogP contribution >= 0.6 is 0 Å². The number of ether oxygens (including phenoxy) is 6. The molecule has 2 aliphatic carbocycles. The van der Waals surface area contributed by atoms with E-state index in [1.54, 1.807) is 7.11 Å². The van der Waals surface area contributed by atoms with E-state index in [0.29, 0.717) is 36.5 Å². The van der Waals surface area contributed by atoms with Crippen LogP contribution in [-0.2, 0) is 35.0 Å². The average Bonchev–Trinajstić information content (AvgIpc) is 3.45. The minimum atomic E-state index is -1.45. The smallest absolute Gasteiger partial charge is 0.339 e. The average molecular weight is 531 g/mol. The molecular weight excluding hydrogens is 492 g/mol. The SMILES string of the molecule is COC(=O)C[C@@]1(C(=O)OC2C(OC)=C[C@@H]3C(CCO)CCc4cc5c(cc4[C@H]23)OCO5)CCCC(C)(C)O1. The molecule has 2 aliphatic heterocycles. The van der Waals surface area contributed by atoms with Crippen LogP contribution in [0.4, 0.5) is 0 Å². The molecule has 0 radical (unpaired) electrons. The third kappa shape index (κ3) is 4.86. The number of hydrogen-bond donors (Lipinski definition) is 1. The van der Waals surface area contributed by atoms with Gasteiger partial charge in [0, 0.05) is 12.5 Å². The highest BCUT2D eigenvalue weighted by Gasteiger charge is 2.53. The van der Waals surface area contributed by atoms with Crippen LogP contribution in [0.1, 0.15) is 69.4 Å². The molecule has 0 aromatic heterocycles. The van der Waals surface area contributed by atoms with Crippen molar-refractivity contribution in [3.05, 3.63) is 35.1 Å². The zero-order valence-corrected chi connectivity index (χ0v) is 22.6. The summed E-state index contributed by atoms with van der Waals surface area (Å²) in [5, 5.41) is 9.84. The maximum Gasteiger partial charge on any atom is 0.339 e. The molecule has 0 bridgehead atoms. The number of esters is 2. The number of allylic oxidation sites excluding steroid dienone is 1. The molecule has 1 aromatic carbocycles. The van der Waals surface area contributed by atoms with Crippen molar-refractivity contribution >= 4 is 11.9 Å². The zero-order chi connectivity index (χ0) is 27.1. The highest BCUT2D eigenvalue weighted by Crippen LogP contribution is 2.52. The van der Waals surface area contributed by atoms with E-state index in [1.165, 1.54) is 7.11 Å². The predicted octanol–water partition coefficient (Wildman–Crippen LogP) is 3.80. The van der Waals surface area contributed by atoms with Gasteiger partial charge in [0.2, 0.25) is 6.79 Å². The van der Waals surface area contributed by atoms with Gasteiger partial charge in [0.25, 0.3) is 0 Å². The highest BCUT2D eigenvalue weighted by atomic mass is 16.7. The first-order valence-electron chi connectivity index (χ1n) is 13.5. The van der Waals surface area contributed by atoms with Crippen molar-refractivity contribution in [3.63, 3.8) is 0 Å². The first-order chi connectivity index (χ1) is 18.2. The first-order valence-corrected chi connectivity index (χ1v) is 13.5. The van der Waals surface area contributed by atoms with Gasteiger partial charge >= 0.3 is 11.9 Å². The second-order valence-electron chi connectivity index (χ2n) is 11.4. The normalized spacial score (nSPS) is 30.9. The van der Waals surface area contributed by atoms with Gasteiger partial charge in [-0.15, -0.1) is 0 Å². The minimum Gasteiger partial charge on any atom is -0.497 e. The number of methoxy groups -OCH3 is 2. The van der Waals surface area contributed by atoms with E-state index in [-0.39, 0.29) is 37.6 Å². The fourth-order valence-corrected chi connectivity index (χ4v) is 6.74. The number of hydrogen-bond acceptors (Lipinski definition) is 9. The number of fused-ring (bicyclic) bond motifs is 4. The number of aliphatic hydroxyl groups excluding tert-OH is 1. The van der Waals surface area contributed by atoms with E-state index in [2.05, 4.69) is 0 Å². The molecule has 1 fully saturated rings. The van der Waals surface area contributed by atoms with Gasteiger partial charge in [-0.2, -0.15) is 0 Å². The van der Waals surface area contributed by atoms with E-state index < -0.39 is 29.2 Å². The Bertz CT molecular complexity index is 1110. The van der Waals surface area contributed by atoms with Gasteiger partial charge < -0.3 is 33.5 Å². The summed E-state index contributed by atoms with van der Waals surface area (Å²) in [6.07, 6.45) is 5.24. The minimum absolute atomic E-state index is 0.0169. The van der Waals surface area contributed by atoms with Crippen molar-refractivity contribution in [3.8, 4) is 11.5 Å². The standard InChI is InChI=1S/C29H38O9/c1-28(2)9-5-10-29(38-28,15-24(31)34-4)27(32)37-26-23(33-3)14-19-17(8-11-30)6-7-18-12-21-22(36-16-35-21)13-20(18)25(19)26/h12-14,17,19,25-26,30H,5-11,15-16H2,1-4H3/t17?,19-,25-,26?,29-/m1/s1. The van der Waals surface area contributed by atoms with Crippen molar-refractivity contribution in [1.82, 2.24) is 0 Å². The fourth-order valence-electron chi connectivity index (χ4n) is 6.74. The van der Waals surface area contributed by atoms with Gasteiger partial charge in [-0.3, -0.25) is 4.79 Å². The van der Waals surface area contributed by atoms with Crippen LogP contribution in [0.2, 0.25) is 0 Å². The number of benzene rings is 1. The molecule has 2 heterocycles. The summed E-state index contributed by atoms with van der Waals surface area (Å²) < 4.78 is 34.7. The summed E-state index contributed by atoms with van der Waals surface area (Å²) in [6.45, 7) is 4.07. The molecule has 5 atom stereocenters. The summed E-state index contributed by atoms with van der Waals surface area (Å²) in [5.41, 5.74) is 0.0878. The summed E-state index contributed by atoms with van der Waals surface area (Å²) in [4.78, 5) is 26.4. The lowest BCUT2D eigenvalue weighted by molar-refractivity contribution is -0.216. The number of rotatable bonds is 7. The molecule has 9 heteroatoms. The number of aryl methyl sites for hydroxylation is 1. The largest absolute Gasteiger partial charge is 0.497 e. The topological polar surface area (TPSA) is 110 Å². The Labute approximate surface area is 223 Å². The zero-order valence-electron chi connectivity index (χ0n) is 22.6. The van der Waals surface area contributed by atoms with E-state index >= 15 is 0 Å². The van der Waals surface area contributed by atoms with Gasteiger partial charge in [-0.05, 0) is 93.5 Å². The Morgan fingerprint density at radius 1 is 1.13 bits per heavy atom. The Balaban J connectivity index is 1.53. The fraction of sp³-hybridized carbons (Fsp3) is 0.655. The molecule has 4 aliphatic rings. The quantitative estimate of drug-likeness (QED) is 0.527. The summed E-state index contributed by atoms with van der Waals surface area (Å²) >= 11 is 0. The third-order valence-corrected chi connectivity index (χ3v) is 8.53.